The average molecular weight is 386 g/mol. The van der Waals surface area contributed by atoms with Crippen LogP contribution < -0.4 is 5.32 Å². The number of hydrogen-bond acceptors (Lipinski definition) is 6. The molecule has 118 valence electrons. The number of nitrogens with one attached hydrogen (secondary N) is 1. The van der Waals surface area contributed by atoms with E-state index >= 15 is 0 Å². The van der Waals surface area contributed by atoms with Crippen LogP contribution in [0.15, 0.2) is 29.6 Å². The lowest BCUT2D eigenvalue weighted by Crippen LogP contribution is -2.18. The van der Waals surface area contributed by atoms with Crippen molar-refractivity contribution in [2.75, 3.05) is 18.5 Å². The Kier molecular flexibility index (Phi) is 5.87. The zero-order chi connectivity index (χ0) is 14.7. The third-order valence-corrected chi connectivity index (χ3v) is 4.18. The van der Waals surface area contributed by atoms with E-state index in [0.29, 0.717) is 0 Å². The van der Waals surface area contributed by atoms with Crippen LogP contribution in [0.3, 0.4) is 0 Å². The van der Waals surface area contributed by atoms with E-state index < -0.39 is 4.92 Å². The first-order valence-electron chi connectivity index (χ1n) is 6.78. The topological polar surface area (TPSA) is 77.3 Å². The van der Waals surface area contributed by atoms with Crippen LogP contribution in [0.2, 0.25) is 0 Å². The first-order valence-corrected chi connectivity index (χ1v) is 7.66. The summed E-state index contributed by atoms with van der Waals surface area (Å²) in [7, 11) is 0. The van der Waals surface area contributed by atoms with E-state index in [4.69, 9.17) is 4.74 Å². The van der Waals surface area contributed by atoms with Crippen LogP contribution in [0.5, 0.6) is 0 Å². The summed E-state index contributed by atoms with van der Waals surface area (Å²) < 4.78 is 5.55. The summed E-state index contributed by atoms with van der Waals surface area (Å²) >= 11 is 1.53. The molecule has 1 aromatic heterocycles. The van der Waals surface area contributed by atoms with Crippen LogP contribution in [-0.2, 0) is 4.74 Å². The van der Waals surface area contributed by atoms with Crippen molar-refractivity contribution >= 4 is 39.1 Å². The van der Waals surface area contributed by atoms with Crippen molar-refractivity contribution in [3.8, 4) is 11.3 Å². The number of nitrogens with zero attached hydrogens (tertiary/aromatic N) is 2. The van der Waals surface area contributed by atoms with Gasteiger partial charge < -0.3 is 10.1 Å². The monoisotopic (exact) mass is 385 g/mol. The minimum absolute atomic E-state index is 0. The number of anilines is 1. The van der Waals surface area contributed by atoms with Crippen molar-refractivity contribution < 1.29 is 9.66 Å². The van der Waals surface area contributed by atoms with Gasteiger partial charge in [-0.3, -0.25) is 10.1 Å². The van der Waals surface area contributed by atoms with Crippen LogP contribution in [0, 0.1) is 10.1 Å². The molecule has 0 bridgehead atoms. The predicted octanol–water partition coefficient (Wildman–Crippen LogP) is 3.89. The molecule has 1 N–H and O–H groups in total. The second-order valence-electron chi connectivity index (χ2n) is 4.86. The second kappa shape index (κ2) is 7.66. The van der Waals surface area contributed by atoms with Crippen LogP contribution in [0.4, 0.5) is 10.8 Å². The van der Waals surface area contributed by atoms with Gasteiger partial charge >= 0.3 is 0 Å². The molecule has 8 heteroatoms. The van der Waals surface area contributed by atoms with Gasteiger partial charge in [-0.2, -0.15) is 0 Å². The fourth-order valence-electron chi connectivity index (χ4n) is 2.25. The number of nitro benzene ring substituents is 1. The highest BCUT2D eigenvalue weighted by molar-refractivity contribution is 8.93. The lowest BCUT2D eigenvalue weighted by Gasteiger charge is -2.09. The number of halogens is 1. The van der Waals surface area contributed by atoms with E-state index in [0.717, 1.165) is 42.4 Å². The Labute approximate surface area is 142 Å². The first-order chi connectivity index (χ1) is 10.2. The lowest BCUT2D eigenvalue weighted by molar-refractivity contribution is -0.384. The molecule has 1 saturated heterocycles. The molecule has 0 saturated carbocycles. The molecule has 2 heterocycles. The lowest BCUT2D eigenvalue weighted by atomic mass is 10.1. The third kappa shape index (κ3) is 4.02. The molecule has 1 unspecified atom stereocenters. The summed E-state index contributed by atoms with van der Waals surface area (Å²) in [5.74, 6) is 0. The molecule has 1 aliphatic heterocycles. The van der Waals surface area contributed by atoms with Gasteiger partial charge in [0.25, 0.3) is 5.69 Å². The van der Waals surface area contributed by atoms with E-state index in [1.807, 2.05) is 5.38 Å². The minimum Gasteiger partial charge on any atom is -0.376 e. The molecule has 0 aliphatic carbocycles. The summed E-state index contributed by atoms with van der Waals surface area (Å²) in [6, 6.07) is 6.43. The highest BCUT2D eigenvalue weighted by Crippen LogP contribution is 2.26. The molecule has 22 heavy (non-hydrogen) atoms. The Morgan fingerprint density at radius 1 is 1.41 bits per heavy atom. The molecule has 0 radical (unpaired) electrons. The molecule has 1 aromatic carbocycles. The Hall–Kier alpha value is -1.51. The second-order valence-corrected chi connectivity index (χ2v) is 5.72. The zero-order valence-corrected chi connectivity index (χ0v) is 14.3. The quantitative estimate of drug-likeness (QED) is 0.623. The first kappa shape index (κ1) is 16.9. The summed E-state index contributed by atoms with van der Waals surface area (Å²) in [4.78, 5) is 14.7. The van der Waals surface area contributed by atoms with E-state index in [-0.39, 0.29) is 28.8 Å². The number of ether oxygens (including phenoxy) is 1. The number of benzene rings is 1. The summed E-state index contributed by atoms with van der Waals surface area (Å²) in [5, 5.41) is 16.7. The molecule has 1 aliphatic rings. The number of thiazole rings is 1. The van der Waals surface area contributed by atoms with E-state index in [9.17, 15) is 10.1 Å². The van der Waals surface area contributed by atoms with E-state index in [2.05, 4.69) is 10.3 Å². The molecule has 1 atom stereocenters. The van der Waals surface area contributed by atoms with E-state index in [1.165, 1.54) is 23.5 Å². The van der Waals surface area contributed by atoms with Crippen molar-refractivity contribution in [1.82, 2.24) is 4.98 Å². The summed E-state index contributed by atoms with van der Waals surface area (Å²) in [6.07, 6.45) is 2.49. The smallest absolute Gasteiger partial charge is 0.269 e. The number of nitro groups is 1. The van der Waals surface area contributed by atoms with Gasteiger partial charge in [-0.05, 0) is 25.0 Å². The Morgan fingerprint density at radius 3 is 2.82 bits per heavy atom. The highest BCUT2D eigenvalue weighted by Gasteiger charge is 2.15. The van der Waals surface area contributed by atoms with Crippen LogP contribution in [0.25, 0.3) is 11.3 Å². The Balaban J connectivity index is 0.00000176. The summed E-state index contributed by atoms with van der Waals surface area (Å²) in [5.41, 5.74) is 1.79. The van der Waals surface area contributed by atoms with Gasteiger partial charge in [-0.25, -0.2) is 4.98 Å². The normalized spacial score (nSPS) is 17.0. The zero-order valence-electron chi connectivity index (χ0n) is 11.7. The van der Waals surface area contributed by atoms with E-state index in [1.54, 1.807) is 12.1 Å². The van der Waals surface area contributed by atoms with Crippen LogP contribution in [0.1, 0.15) is 12.8 Å². The predicted molar refractivity (Wildman–Crippen MR) is 92.0 cm³/mol. The molecule has 2 aromatic rings. The molecular formula is C14H16BrN3O3S. The number of hydrogen-bond donors (Lipinski definition) is 1. The SMILES string of the molecule is Br.O=[N+]([O-])c1ccc(-c2csc(NCC3CCCO3)n2)cc1. The van der Waals surface area contributed by atoms with Crippen molar-refractivity contribution in [3.63, 3.8) is 0 Å². The third-order valence-electron chi connectivity index (χ3n) is 3.38. The molecular weight excluding hydrogens is 370 g/mol. The number of rotatable bonds is 5. The van der Waals surface area contributed by atoms with Crippen molar-refractivity contribution in [2.24, 2.45) is 0 Å². The highest BCUT2D eigenvalue weighted by atomic mass is 79.9. The standard InChI is InChI=1S/C14H15N3O3S.BrH/c18-17(19)11-5-3-10(4-6-11)13-9-21-14(16-13)15-8-12-2-1-7-20-12;/h3-6,9,12H,1-2,7-8H2,(H,15,16);1H. The fraction of sp³-hybridized carbons (Fsp3) is 0.357. The maximum Gasteiger partial charge on any atom is 0.269 e. The maximum absolute atomic E-state index is 10.6. The van der Waals surface area contributed by atoms with Gasteiger partial charge in [0.15, 0.2) is 5.13 Å². The minimum atomic E-state index is -0.403. The van der Waals surface area contributed by atoms with Crippen molar-refractivity contribution in [3.05, 3.63) is 39.8 Å². The van der Waals surface area contributed by atoms with Gasteiger partial charge in [-0.15, -0.1) is 28.3 Å². The molecule has 6 nitrogen and oxygen atoms in total. The number of non-ortho nitro benzene ring substituents is 1. The van der Waals surface area contributed by atoms with Crippen LogP contribution in [-0.4, -0.2) is 29.2 Å². The molecule has 1 fully saturated rings. The summed E-state index contributed by atoms with van der Waals surface area (Å²) in [6.45, 7) is 1.62. The van der Waals surface area contributed by atoms with Gasteiger partial charge in [0.05, 0.1) is 16.7 Å². The maximum atomic E-state index is 10.6. The van der Waals surface area contributed by atoms with Crippen LogP contribution >= 0.6 is 28.3 Å². The Bertz CT molecular complexity index is 627. The molecule has 0 amide bonds. The molecule has 3 rings (SSSR count). The largest absolute Gasteiger partial charge is 0.376 e. The van der Waals surface area contributed by atoms with Crippen molar-refractivity contribution in [2.45, 2.75) is 18.9 Å². The van der Waals surface area contributed by atoms with Gasteiger partial charge in [0, 0.05) is 36.2 Å². The van der Waals surface area contributed by atoms with Crippen molar-refractivity contribution in [1.29, 1.82) is 0 Å². The molecule has 0 spiro atoms. The Morgan fingerprint density at radius 2 is 2.18 bits per heavy atom. The number of aromatic nitrogens is 1. The average Bonchev–Trinajstić information content (AvgIpc) is 3.17. The van der Waals surface area contributed by atoms with Gasteiger partial charge in [0.2, 0.25) is 0 Å². The van der Waals surface area contributed by atoms with Gasteiger partial charge in [-0.1, -0.05) is 0 Å². The van der Waals surface area contributed by atoms with Gasteiger partial charge in [0.1, 0.15) is 0 Å². The fourth-order valence-corrected chi connectivity index (χ4v) is 2.98.